The Kier molecular flexibility index (Phi) is 6.42. The van der Waals surface area contributed by atoms with Crippen LogP contribution in [0.5, 0.6) is 0 Å². The van der Waals surface area contributed by atoms with Gasteiger partial charge in [-0.05, 0) is 48.2 Å². The van der Waals surface area contributed by atoms with Crippen molar-refractivity contribution in [1.29, 1.82) is 0 Å². The minimum Gasteiger partial charge on any atom is -0.349 e. The molecule has 32 heavy (non-hydrogen) atoms. The molecule has 0 unspecified atom stereocenters. The van der Waals surface area contributed by atoms with Gasteiger partial charge in [-0.25, -0.2) is 22.5 Å². The third kappa shape index (κ3) is 4.92. The summed E-state index contributed by atoms with van der Waals surface area (Å²) >= 11 is 1.42. The van der Waals surface area contributed by atoms with Crippen LogP contribution >= 0.6 is 11.3 Å². The molecule has 10 heteroatoms. The number of hydrogen-bond donors (Lipinski definition) is 1. The number of carbonyl (C=O) groups is 1. The molecule has 2 aromatic heterocycles. The molecule has 4 aromatic rings. The molecule has 1 amide bonds. The second kappa shape index (κ2) is 9.41. The third-order valence-electron chi connectivity index (χ3n) is 4.58. The molecule has 0 saturated heterocycles. The summed E-state index contributed by atoms with van der Waals surface area (Å²) in [7, 11) is -3.42. The maximum absolute atomic E-state index is 13.7. The quantitative estimate of drug-likeness (QED) is 0.396. The second-order valence-electron chi connectivity index (χ2n) is 6.87. The van der Waals surface area contributed by atoms with E-state index in [1.54, 1.807) is 42.5 Å². The molecule has 0 bridgehead atoms. The molecule has 0 radical (unpaired) electrons. The van der Waals surface area contributed by atoms with Gasteiger partial charge in [-0.2, -0.15) is 0 Å². The van der Waals surface area contributed by atoms with E-state index in [9.17, 15) is 17.6 Å². The summed E-state index contributed by atoms with van der Waals surface area (Å²) in [5.41, 5.74) is 0.439. The highest BCUT2D eigenvalue weighted by Crippen LogP contribution is 2.25. The molecule has 0 atom stereocenters. The smallest absolute Gasteiger partial charge is 0.290 e. The monoisotopic (exact) mass is 470 g/mol. The number of amides is 1. The predicted octanol–water partition coefficient (Wildman–Crippen LogP) is 3.73. The molecule has 0 saturated carbocycles. The van der Waals surface area contributed by atoms with Gasteiger partial charge >= 0.3 is 0 Å². The molecule has 1 N–H and O–H groups in total. The fraction of sp³-hybridized carbons (Fsp3) is 0.136. The van der Waals surface area contributed by atoms with Crippen molar-refractivity contribution in [3.8, 4) is 16.4 Å². The van der Waals surface area contributed by atoms with Gasteiger partial charge in [-0.3, -0.25) is 4.79 Å². The molecular formula is C22H19FN4O3S2. The van der Waals surface area contributed by atoms with Crippen molar-refractivity contribution in [3.63, 3.8) is 0 Å². The summed E-state index contributed by atoms with van der Waals surface area (Å²) in [6.45, 7) is 0.147. The van der Waals surface area contributed by atoms with E-state index < -0.39 is 21.6 Å². The summed E-state index contributed by atoms with van der Waals surface area (Å²) in [6, 6.07) is 17.7. The summed E-state index contributed by atoms with van der Waals surface area (Å²) in [4.78, 5) is 18.0. The fourth-order valence-electron chi connectivity index (χ4n) is 3.05. The summed E-state index contributed by atoms with van der Waals surface area (Å²) in [5.74, 6) is -0.718. The highest BCUT2D eigenvalue weighted by Gasteiger charge is 2.20. The van der Waals surface area contributed by atoms with Crippen LogP contribution in [0.25, 0.3) is 16.4 Å². The minimum atomic E-state index is -3.42. The first-order valence-corrected chi connectivity index (χ1v) is 12.3. The maximum atomic E-state index is 13.7. The molecular weight excluding hydrogens is 451 g/mol. The number of nitrogens with zero attached hydrogens (tertiary/aromatic N) is 3. The van der Waals surface area contributed by atoms with E-state index >= 15 is 0 Å². The van der Waals surface area contributed by atoms with Crippen molar-refractivity contribution >= 4 is 27.1 Å². The first kappa shape index (κ1) is 21.8. The topological polar surface area (TPSA) is 94.0 Å². The van der Waals surface area contributed by atoms with Crippen molar-refractivity contribution in [2.75, 3.05) is 12.3 Å². The number of aromatic nitrogens is 3. The van der Waals surface area contributed by atoms with Crippen LogP contribution in [0.1, 0.15) is 17.0 Å². The van der Waals surface area contributed by atoms with E-state index in [1.807, 2.05) is 17.5 Å². The lowest BCUT2D eigenvalue weighted by Crippen LogP contribution is -2.27. The standard InChI is InChI=1S/C22H19FN4O3S2/c23-16-7-4-8-17(15-16)27-21(19-11-5-13-31-19)25-20(26-27)22(28)24-12-6-14-32(29,30)18-9-2-1-3-10-18/h1-5,7-11,13,15H,6,12,14H2,(H,24,28). The Morgan fingerprint density at radius 3 is 2.59 bits per heavy atom. The zero-order chi connectivity index (χ0) is 22.6. The van der Waals surface area contributed by atoms with Crippen molar-refractivity contribution in [2.45, 2.75) is 11.3 Å². The first-order valence-electron chi connectivity index (χ1n) is 9.77. The molecule has 0 spiro atoms. The number of nitrogens with one attached hydrogen (secondary N) is 1. The summed E-state index contributed by atoms with van der Waals surface area (Å²) in [5, 5.41) is 8.80. The molecule has 4 rings (SSSR count). The van der Waals surface area contributed by atoms with E-state index in [-0.39, 0.29) is 29.4 Å². The van der Waals surface area contributed by atoms with Gasteiger partial charge in [0.2, 0.25) is 5.82 Å². The van der Waals surface area contributed by atoms with E-state index in [1.165, 1.54) is 28.2 Å². The van der Waals surface area contributed by atoms with Gasteiger partial charge in [0.05, 0.1) is 21.2 Å². The van der Waals surface area contributed by atoms with Gasteiger partial charge < -0.3 is 5.32 Å². The predicted molar refractivity (Wildman–Crippen MR) is 120 cm³/mol. The van der Waals surface area contributed by atoms with Crippen molar-refractivity contribution in [1.82, 2.24) is 20.1 Å². The van der Waals surface area contributed by atoms with Crippen LogP contribution in [0, 0.1) is 5.82 Å². The van der Waals surface area contributed by atoms with Gasteiger partial charge in [-0.1, -0.05) is 30.3 Å². The van der Waals surface area contributed by atoms with E-state index in [4.69, 9.17) is 0 Å². The van der Waals surface area contributed by atoms with Gasteiger partial charge in [0, 0.05) is 6.54 Å². The lowest BCUT2D eigenvalue weighted by atomic mass is 10.3. The largest absolute Gasteiger partial charge is 0.349 e. The van der Waals surface area contributed by atoms with Crippen LogP contribution in [0.3, 0.4) is 0 Å². The van der Waals surface area contributed by atoms with Crippen LogP contribution < -0.4 is 5.32 Å². The van der Waals surface area contributed by atoms with Crippen LogP contribution in [0.4, 0.5) is 4.39 Å². The molecule has 2 aromatic carbocycles. The van der Waals surface area contributed by atoms with Crippen LogP contribution in [-0.2, 0) is 9.84 Å². The molecule has 2 heterocycles. The molecule has 164 valence electrons. The average Bonchev–Trinajstić information content (AvgIpc) is 3.47. The molecule has 0 aliphatic carbocycles. The zero-order valence-electron chi connectivity index (χ0n) is 16.8. The Bertz CT molecular complexity index is 1320. The van der Waals surface area contributed by atoms with Crippen molar-refractivity contribution in [2.24, 2.45) is 0 Å². The molecule has 7 nitrogen and oxygen atoms in total. The number of halogens is 1. The first-order chi connectivity index (χ1) is 15.4. The number of carbonyl (C=O) groups excluding carboxylic acids is 1. The Labute approximate surface area is 188 Å². The lowest BCUT2D eigenvalue weighted by molar-refractivity contribution is 0.0943. The average molecular weight is 471 g/mol. The lowest BCUT2D eigenvalue weighted by Gasteiger charge is -2.05. The minimum absolute atomic E-state index is 0.0800. The zero-order valence-corrected chi connectivity index (χ0v) is 18.4. The second-order valence-corrected chi connectivity index (χ2v) is 9.93. The number of rotatable bonds is 8. The van der Waals surface area contributed by atoms with E-state index in [2.05, 4.69) is 15.4 Å². The molecule has 0 fully saturated rings. The van der Waals surface area contributed by atoms with Crippen molar-refractivity contribution in [3.05, 3.63) is 83.8 Å². The van der Waals surface area contributed by atoms with Crippen LogP contribution in [-0.4, -0.2) is 41.4 Å². The summed E-state index contributed by atoms with van der Waals surface area (Å²) < 4.78 is 39.8. The Morgan fingerprint density at radius 2 is 1.88 bits per heavy atom. The van der Waals surface area contributed by atoms with Gasteiger partial charge in [-0.15, -0.1) is 16.4 Å². The number of sulfone groups is 1. The van der Waals surface area contributed by atoms with Crippen LogP contribution in [0.2, 0.25) is 0 Å². The molecule has 0 aliphatic rings. The van der Waals surface area contributed by atoms with E-state index in [0.29, 0.717) is 11.5 Å². The highest BCUT2D eigenvalue weighted by molar-refractivity contribution is 7.91. The van der Waals surface area contributed by atoms with Crippen LogP contribution in [0.15, 0.2) is 77.0 Å². The van der Waals surface area contributed by atoms with Crippen molar-refractivity contribution < 1.29 is 17.6 Å². The van der Waals surface area contributed by atoms with Gasteiger partial charge in [0.25, 0.3) is 5.91 Å². The molecule has 0 aliphatic heterocycles. The SMILES string of the molecule is O=C(NCCCS(=O)(=O)c1ccccc1)c1nc(-c2cccs2)n(-c2cccc(F)c2)n1. The highest BCUT2D eigenvalue weighted by atomic mass is 32.2. The Hall–Kier alpha value is -3.37. The van der Waals surface area contributed by atoms with Gasteiger partial charge in [0.1, 0.15) is 5.82 Å². The van der Waals surface area contributed by atoms with E-state index in [0.717, 1.165) is 4.88 Å². The third-order valence-corrected chi connectivity index (χ3v) is 7.26. The Morgan fingerprint density at radius 1 is 1.06 bits per heavy atom. The Balaban J connectivity index is 1.46. The van der Waals surface area contributed by atoms with Gasteiger partial charge in [0.15, 0.2) is 15.7 Å². The maximum Gasteiger partial charge on any atom is 0.290 e. The normalized spacial score (nSPS) is 11.4. The fourth-order valence-corrected chi connectivity index (χ4v) is 5.08. The number of thiophene rings is 1. The number of benzene rings is 2. The summed E-state index contributed by atoms with van der Waals surface area (Å²) in [6.07, 6.45) is 0.241. The number of hydrogen-bond acceptors (Lipinski definition) is 6.